The van der Waals surface area contributed by atoms with E-state index in [-0.39, 0.29) is 28.1 Å². The summed E-state index contributed by atoms with van der Waals surface area (Å²) in [7, 11) is 0. The van der Waals surface area contributed by atoms with Crippen LogP contribution in [-0.4, -0.2) is 10.1 Å². The van der Waals surface area contributed by atoms with Gasteiger partial charge in [0.25, 0.3) is 0 Å². The molecule has 0 aliphatic heterocycles. The summed E-state index contributed by atoms with van der Waals surface area (Å²) in [5.41, 5.74) is 0.617. The number of aliphatic hydroxyl groups excluding tert-OH is 1. The number of pyridine rings is 1. The van der Waals surface area contributed by atoms with Crippen LogP contribution in [-0.2, 0) is 13.0 Å². The van der Waals surface area contributed by atoms with Crippen LogP contribution < -0.4 is 0 Å². The van der Waals surface area contributed by atoms with Crippen molar-refractivity contribution in [2.45, 2.75) is 22.8 Å². The summed E-state index contributed by atoms with van der Waals surface area (Å²) in [4.78, 5) is 4.73. The van der Waals surface area contributed by atoms with Crippen molar-refractivity contribution in [3.05, 3.63) is 88.0 Å². The van der Waals surface area contributed by atoms with Gasteiger partial charge >= 0.3 is 0 Å². The molecule has 2 nitrogen and oxygen atoms in total. The summed E-state index contributed by atoms with van der Waals surface area (Å²) in [5, 5.41) is 9.92. The predicted molar refractivity (Wildman–Crippen MR) is 94.9 cm³/mol. The van der Waals surface area contributed by atoms with Crippen molar-refractivity contribution in [1.29, 1.82) is 0 Å². The Morgan fingerprint density at radius 3 is 2.38 bits per heavy atom. The molecule has 3 aromatic rings. The maximum atomic E-state index is 14.4. The van der Waals surface area contributed by atoms with Gasteiger partial charge in [-0.25, -0.2) is 13.2 Å². The van der Waals surface area contributed by atoms with Crippen molar-refractivity contribution in [3.63, 3.8) is 0 Å². The van der Waals surface area contributed by atoms with E-state index in [9.17, 15) is 18.3 Å². The van der Waals surface area contributed by atoms with E-state index >= 15 is 0 Å². The first-order valence-electron chi connectivity index (χ1n) is 7.62. The van der Waals surface area contributed by atoms with E-state index in [1.807, 2.05) is 0 Å². The van der Waals surface area contributed by atoms with Gasteiger partial charge in [-0.05, 0) is 42.5 Å². The normalized spacial score (nSPS) is 11.0. The number of hydrogen-bond donors (Lipinski definition) is 1. The van der Waals surface area contributed by atoms with Crippen LogP contribution in [0.2, 0.25) is 5.02 Å². The fraction of sp³-hybridized carbons (Fsp3) is 0.105. The minimum absolute atomic E-state index is 0.0737. The third kappa shape index (κ3) is 4.20. The molecule has 134 valence electrons. The van der Waals surface area contributed by atoms with E-state index in [0.717, 1.165) is 36.2 Å². The molecule has 0 aliphatic carbocycles. The first-order valence-corrected chi connectivity index (χ1v) is 8.82. The van der Waals surface area contributed by atoms with Gasteiger partial charge in [0.15, 0.2) is 0 Å². The van der Waals surface area contributed by atoms with Crippen LogP contribution in [0, 0.1) is 17.5 Å². The second kappa shape index (κ2) is 8.12. The van der Waals surface area contributed by atoms with E-state index in [0.29, 0.717) is 9.92 Å². The van der Waals surface area contributed by atoms with Gasteiger partial charge in [-0.3, -0.25) is 4.98 Å². The molecule has 0 fully saturated rings. The van der Waals surface area contributed by atoms with Crippen LogP contribution in [0.25, 0.3) is 0 Å². The molecule has 1 heterocycles. The highest BCUT2D eigenvalue weighted by molar-refractivity contribution is 7.99. The molecule has 0 saturated carbocycles. The Kier molecular flexibility index (Phi) is 5.86. The topological polar surface area (TPSA) is 33.1 Å². The Morgan fingerprint density at radius 1 is 1.00 bits per heavy atom. The second-order valence-corrected chi connectivity index (χ2v) is 7.01. The Hall–Kier alpha value is -2.02. The van der Waals surface area contributed by atoms with Crippen molar-refractivity contribution in [2.24, 2.45) is 0 Å². The maximum absolute atomic E-state index is 14.4. The van der Waals surface area contributed by atoms with E-state index in [1.165, 1.54) is 0 Å². The Labute approximate surface area is 157 Å². The molecule has 0 spiro atoms. The number of aromatic nitrogens is 1. The molecular weight excluding hydrogens is 383 g/mol. The Morgan fingerprint density at radius 2 is 1.69 bits per heavy atom. The number of hydrogen-bond acceptors (Lipinski definition) is 3. The fourth-order valence-corrected chi connectivity index (χ4v) is 3.54. The van der Waals surface area contributed by atoms with Crippen molar-refractivity contribution in [2.75, 3.05) is 0 Å². The third-order valence-corrected chi connectivity index (χ3v) is 5.14. The van der Waals surface area contributed by atoms with Gasteiger partial charge in [-0.15, -0.1) is 0 Å². The van der Waals surface area contributed by atoms with E-state index in [1.54, 1.807) is 24.3 Å². The highest BCUT2D eigenvalue weighted by Crippen LogP contribution is 2.35. The molecule has 0 saturated heterocycles. The molecule has 0 radical (unpaired) electrons. The first-order chi connectivity index (χ1) is 12.5. The molecule has 0 bridgehead atoms. The molecular formula is C19H13ClF3NOS. The van der Waals surface area contributed by atoms with Gasteiger partial charge < -0.3 is 5.11 Å². The summed E-state index contributed by atoms with van der Waals surface area (Å²) in [6.07, 6.45) is 0.910. The van der Waals surface area contributed by atoms with Gasteiger partial charge in [0.2, 0.25) is 0 Å². The lowest BCUT2D eigenvalue weighted by molar-refractivity contribution is 0.279. The highest BCUT2D eigenvalue weighted by atomic mass is 35.5. The van der Waals surface area contributed by atoms with Crippen LogP contribution in [0.5, 0.6) is 0 Å². The monoisotopic (exact) mass is 395 g/mol. The lowest BCUT2D eigenvalue weighted by Gasteiger charge is -2.13. The molecule has 0 atom stereocenters. The lowest BCUT2D eigenvalue weighted by atomic mass is 10.0. The third-order valence-electron chi connectivity index (χ3n) is 3.73. The highest BCUT2D eigenvalue weighted by Gasteiger charge is 2.18. The van der Waals surface area contributed by atoms with Gasteiger partial charge in [0, 0.05) is 27.5 Å². The number of nitrogens with zero attached hydrogens (tertiary/aromatic N) is 1. The number of aliphatic hydroxyl groups is 1. The summed E-state index contributed by atoms with van der Waals surface area (Å²) in [6, 6.07) is 9.96. The zero-order valence-electron chi connectivity index (χ0n) is 13.3. The van der Waals surface area contributed by atoms with Crippen molar-refractivity contribution in [3.8, 4) is 0 Å². The molecule has 0 amide bonds. The van der Waals surface area contributed by atoms with Gasteiger partial charge in [0.05, 0.1) is 23.4 Å². The molecule has 0 aliphatic rings. The maximum Gasteiger partial charge on any atom is 0.141 e. The number of halogens is 4. The molecule has 0 unspecified atom stereocenters. The van der Waals surface area contributed by atoms with Crippen LogP contribution in [0.4, 0.5) is 13.2 Å². The summed E-state index contributed by atoms with van der Waals surface area (Å²) >= 11 is 6.91. The van der Waals surface area contributed by atoms with Gasteiger partial charge in [-0.2, -0.15) is 0 Å². The molecule has 7 heteroatoms. The SMILES string of the molecule is OCc1cc(F)cnc1Cc1c(F)ccc(F)c1Sc1ccc(Cl)cc1. The predicted octanol–water partition coefficient (Wildman–Crippen LogP) is 5.39. The molecule has 26 heavy (non-hydrogen) atoms. The first kappa shape index (κ1) is 18.8. The lowest BCUT2D eigenvalue weighted by Crippen LogP contribution is -2.04. The van der Waals surface area contributed by atoms with Crippen molar-refractivity contribution < 1.29 is 18.3 Å². The van der Waals surface area contributed by atoms with Crippen molar-refractivity contribution >= 4 is 23.4 Å². The standard InChI is InChI=1S/C19H13ClF3NOS/c20-12-1-3-14(4-2-12)26-19-15(16(22)5-6-17(19)23)8-18-11(10-25)7-13(21)9-24-18/h1-7,9,25H,8,10H2. The minimum Gasteiger partial charge on any atom is -0.392 e. The van der Waals surface area contributed by atoms with E-state index in [2.05, 4.69) is 4.98 Å². The second-order valence-electron chi connectivity index (χ2n) is 5.49. The van der Waals surface area contributed by atoms with Crippen LogP contribution in [0.3, 0.4) is 0 Å². The smallest absolute Gasteiger partial charge is 0.141 e. The average Bonchev–Trinajstić information content (AvgIpc) is 2.63. The molecule has 3 rings (SSSR count). The summed E-state index contributed by atoms with van der Waals surface area (Å²) in [6.45, 7) is -0.448. The fourth-order valence-electron chi connectivity index (χ4n) is 2.44. The summed E-state index contributed by atoms with van der Waals surface area (Å²) < 4.78 is 42.1. The Balaban J connectivity index is 2.01. The zero-order valence-corrected chi connectivity index (χ0v) is 14.9. The minimum atomic E-state index is -0.603. The molecule has 1 aromatic heterocycles. The van der Waals surface area contributed by atoms with Crippen LogP contribution in [0.15, 0.2) is 58.5 Å². The average molecular weight is 396 g/mol. The molecule has 2 aromatic carbocycles. The van der Waals surface area contributed by atoms with Crippen LogP contribution in [0.1, 0.15) is 16.8 Å². The molecule has 1 N–H and O–H groups in total. The quantitative estimate of drug-likeness (QED) is 0.629. The number of rotatable bonds is 5. The van der Waals surface area contributed by atoms with E-state index in [4.69, 9.17) is 11.6 Å². The van der Waals surface area contributed by atoms with Crippen molar-refractivity contribution in [1.82, 2.24) is 4.98 Å². The van der Waals surface area contributed by atoms with E-state index < -0.39 is 24.1 Å². The Bertz CT molecular complexity index is 935. The largest absolute Gasteiger partial charge is 0.392 e. The van der Waals surface area contributed by atoms with Gasteiger partial charge in [-0.1, -0.05) is 23.4 Å². The zero-order chi connectivity index (χ0) is 18.7. The van der Waals surface area contributed by atoms with Gasteiger partial charge in [0.1, 0.15) is 17.5 Å². The van der Waals surface area contributed by atoms with Crippen LogP contribution >= 0.6 is 23.4 Å². The number of benzene rings is 2. The summed E-state index contributed by atoms with van der Waals surface area (Å²) in [5.74, 6) is -1.78.